The molecule has 1 saturated heterocycles. The third-order valence-corrected chi connectivity index (χ3v) is 7.46. The second-order valence-electron chi connectivity index (χ2n) is 10.2. The van der Waals surface area contributed by atoms with Crippen molar-refractivity contribution < 1.29 is 14.6 Å². The summed E-state index contributed by atoms with van der Waals surface area (Å²) in [5, 5.41) is 15.1. The topological polar surface area (TPSA) is 70.8 Å². The first kappa shape index (κ1) is 24.5. The zero-order valence-electron chi connectivity index (χ0n) is 21.5. The highest BCUT2D eigenvalue weighted by Crippen LogP contribution is 2.28. The number of fused-ring (bicyclic) bond motifs is 1. The van der Waals surface area contributed by atoms with E-state index in [1.807, 2.05) is 22.9 Å². The van der Waals surface area contributed by atoms with Crippen molar-refractivity contribution in [2.75, 3.05) is 26.7 Å². The largest absolute Gasteiger partial charge is 0.497 e. The molecule has 5 rings (SSSR count). The highest BCUT2D eigenvalue weighted by atomic mass is 16.5. The van der Waals surface area contributed by atoms with Crippen LogP contribution in [-0.2, 0) is 26.1 Å². The van der Waals surface area contributed by atoms with Crippen molar-refractivity contribution in [3.63, 3.8) is 0 Å². The number of hydrogen-bond donors (Lipinski definition) is 1. The minimum absolute atomic E-state index is 0.0667. The fraction of sp³-hybridized carbons (Fsp3) is 0.448. The molecule has 36 heavy (non-hydrogen) atoms. The molecule has 2 aliphatic heterocycles. The van der Waals surface area contributed by atoms with Gasteiger partial charge < -0.3 is 14.7 Å². The first-order valence-electron chi connectivity index (χ1n) is 12.9. The molecule has 2 aliphatic rings. The summed E-state index contributed by atoms with van der Waals surface area (Å²) in [5.74, 6) is 0.745. The van der Waals surface area contributed by atoms with Crippen LogP contribution in [0, 0.1) is 13.8 Å². The van der Waals surface area contributed by atoms with Crippen molar-refractivity contribution in [1.29, 1.82) is 0 Å². The van der Waals surface area contributed by atoms with Gasteiger partial charge in [-0.1, -0.05) is 35.9 Å². The number of nitrogens with zero attached hydrogens (tertiary/aromatic N) is 4. The number of piperidine rings is 1. The van der Waals surface area contributed by atoms with E-state index in [2.05, 4.69) is 43.0 Å². The van der Waals surface area contributed by atoms with Gasteiger partial charge in [-0.15, -0.1) is 0 Å². The van der Waals surface area contributed by atoms with Gasteiger partial charge in [0.2, 0.25) is 0 Å². The number of ether oxygens (including phenoxy) is 1. The molecule has 2 aromatic carbocycles. The lowest BCUT2D eigenvalue weighted by atomic mass is 10.0. The van der Waals surface area contributed by atoms with Gasteiger partial charge in [-0.05, 0) is 55.5 Å². The van der Waals surface area contributed by atoms with Gasteiger partial charge in [-0.25, -0.2) is 0 Å². The Hall–Kier alpha value is -3.16. The lowest BCUT2D eigenvalue weighted by molar-refractivity contribution is 0.0466. The van der Waals surface area contributed by atoms with E-state index in [4.69, 9.17) is 9.84 Å². The number of carbonyl (C=O) groups is 1. The normalized spacial score (nSPS) is 18.2. The van der Waals surface area contributed by atoms with Crippen LogP contribution in [0.5, 0.6) is 5.75 Å². The average molecular weight is 489 g/mol. The molecule has 0 saturated carbocycles. The maximum absolute atomic E-state index is 13.6. The summed E-state index contributed by atoms with van der Waals surface area (Å²) in [5.41, 5.74) is 7.67. The molecule has 3 aromatic rings. The van der Waals surface area contributed by atoms with E-state index in [0.29, 0.717) is 31.9 Å². The summed E-state index contributed by atoms with van der Waals surface area (Å²) in [6.45, 7) is 8.38. The first-order chi connectivity index (χ1) is 17.4. The van der Waals surface area contributed by atoms with Gasteiger partial charge in [-0.3, -0.25) is 14.4 Å². The number of aliphatic hydroxyl groups is 1. The Labute approximate surface area is 213 Å². The number of amides is 1. The molecule has 0 aliphatic carbocycles. The molecule has 1 atom stereocenters. The zero-order valence-corrected chi connectivity index (χ0v) is 21.5. The van der Waals surface area contributed by atoms with Crippen molar-refractivity contribution in [3.8, 4) is 5.75 Å². The van der Waals surface area contributed by atoms with Crippen LogP contribution < -0.4 is 4.74 Å². The van der Waals surface area contributed by atoms with Crippen molar-refractivity contribution in [1.82, 2.24) is 19.6 Å². The monoisotopic (exact) mass is 488 g/mol. The summed E-state index contributed by atoms with van der Waals surface area (Å²) < 4.78 is 7.41. The summed E-state index contributed by atoms with van der Waals surface area (Å²) in [6.07, 6.45) is 1.94. The molecule has 1 fully saturated rings. The number of aliphatic hydroxyl groups excluding tert-OH is 1. The van der Waals surface area contributed by atoms with Crippen molar-refractivity contribution >= 4 is 5.91 Å². The lowest BCUT2D eigenvalue weighted by Gasteiger charge is -2.31. The number of β-amino-alcohol motifs (C(OH)–C–C–N with tert-alkyl or cyclic N) is 1. The summed E-state index contributed by atoms with van der Waals surface area (Å²) >= 11 is 0. The predicted octanol–water partition coefficient (Wildman–Crippen LogP) is 3.71. The molecule has 0 bridgehead atoms. The summed E-state index contributed by atoms with van der Waals surface area (Å²) in [4.78, 5) is 17.8. The molecule has 7 heteroatoms. The Morgan fingerprint density at radius 1 is 1.14 bits per heavy atom. The second-order valence-corrected chi connectivity index (χ2v) is 10.2. The van der Waals surface area contributed by atoms with Crippen molar-refractivity contribution in [2.45, 2.75) is 58.8 Å². The van der Waals surface area contributed by atoms with Gasteiger partial charge in [-0.2, -0.15) is 5.10 Å². The smallest absolute Gasteiger partial charge is 0.274 e. The Morgan fingerprint density at radius 3 is 2.81 bits per heavy atom. The molecular weight excluding hydrogens is 452 g/mol. The van der Waals surface area contributed by atoms with E-state index in [9.17, 15) is 9.90 Å². The highest BCUT2D eigenvalue weighted by molar-refractivity contribution is 5.94. The quantitative estimate of drug-likeness (QED) is 0.573. The molecule has 0 radical (unpaired) electrons. The molecule has 7 nitrogen and oxygen atoms in total. The minimum Gasteiger partial charge on any atom is -0.497 e. The molecule has 1 N–H and O–H groups in total. The fourth-order valence-corrected chi connectivity index (χ4v) is 5.43. The fourth-order valence-electron chi connectivity index (χ4n) is 5.43. The van der Waals surface area contributed by atoms with Crippen LogP contribution in [0.1, 0.15) is 56.8 Å². The average Bonchev–Trinajstić information content (AvgIpc) is 3.23. The van der Waals surface area contributed by atoms with Crippen LogP contribution in [-0.4, -0.2) is 63.4 Å². The SMILES string of the molecule is COc1cccc(Cn2nc(C(=O)N3CCCC(O)C3)c3c2CCN(Cc2cc(C)ccc2C)C3)c1. The van der Waals surface area contributed by atoms with Crippen molar-refractivity contribution in [2.24, 2.45) is 0 Å². The van der Waals surface area contributed by atoms with Gasteiger partial charge in [0.1, 0.15) is 5.75 Å². The predicted molar refractivity (Wildman–Crippen MR) is 139 cm³/mol. The van der Waals surface area contributed by atoms with Gasteiger partial charge in [0.15, 0.2) is 5.69 Å². The van der Waals surface area contributed by atoms with E-state index in [0.717, 1.165) is 54.9 Å². The number of rotatable bonds is 6. The number of carbonyl (C=O) groups excluding carboxylic acids is 1. The van der Waals surface area contributed by atoms with Crippen LogP contribution in [0.25, 0.3) is 0 Å². The molecule has 3 heterocycles. The van der Waals surface area contributed by atoms with Gasteiger partial charge in [0, 0.05) is 50.4 Å². The van der Waals surface area contributed by atoms with Crippen LogP contribution >= 0.6 is 0 Å². The first-order valence-corrected chi connectivity index (χ1v) is 12.9. The number of likely N-dealkylation sites (tertiary alicyclic amines) is 1. The number of aromatic nitrogens is 2. The minimum atomic E-state index is -0.460. The molecule has 1 aromatic heterocycles. The summed E-state index contributed by atoms with van der Waals surface area (Å²) in [7, 11) is 1.67. The lowest BCUT2D eigenvalue weighted by Crippen LogP contribution is -2.43. The third-order valence-electron chi connectivity index (χ3n) is 7.46. The molecule has 0 spiro atoms. The number of methoxy groups -OCH3 is 1. The maximum atomic E-state index is 13.6. The Morgan fingerprint density at radius 2 is 2.00 bits per heavy atom. The number of benzene rings is 2. The number of hydrogen-bond acceptors (Lipinski definition) is 5. The zero-order chi connectivity index (χ0) is 25.2. The highest BCUT2D eigenvalue weighted by Gasteiger charge is 2.32. The Bertz CT molecular complexity index is 1250. The van der Waals surface area contributed by atoms with Crippen LogP contribution in [0.4, 0.5) is 0 Å². The maximum Gasteiger partial charge on any atom is 0.274 e. The molecule has 190 valence electrons. The van der Waals surface area contributed by atoms with E-state index in [-0.39, 0.29) is 5.91 Å². The van der Waals surface area contributed by atoms with E-state index in [1.54, 1.807) is 12.0 Å². The number of aryl methyl sites for hydroxylation is 2. The van der Waals surface area contributed by atoms with E-state index >= 15 is 0 Å². The van der Waals surface area contributed by atoms with Gasteiger partial charge in [0.25, 0.3) is 5.91 Å². The van der Waals surface area contributed by atoms with Crippen LogP contribution in [0.3, 0.4) is 0 Å². The van der Waals surface area contributed by atoms with E-state index in [1.165, 1.54) is 16.7 Å². The van der Waals surface area contributed by atoms with Gasteiger partial charge >= 0.3 is 0 Å². The Kier molecular flexibility index (Phi) is 7.12. The van der Waals surface area contributed by atoms with E-state index < -0.39 is 6.10 Å². The van der Waals surface area contributed by atoms with Crippen molar-refractivity contribution in [3.05, 3.63) is 81.7 Å². The molecule has 1 unspecified atom stereocenters. The summed E-state index contributed by atoms with van der Waals surface area (Å²) in [6, 6.07) is 14.6. The van der Waals surface area contributed by atoms with Crippen LogP contribution in [0.2, 0.25) is 0 Å². The Balaban J connectivity index is 1.46. The second kappa shape index (κ2) is 10.4. The standard InChI is InChI=1S/C29H36N4O3/c1-20-9-10-21(2)23(14-20)17-31-13-11-27-26(19-31)28(29(35)32-12-5-7-24(34)18-32)30-33(27)16-22-6-4-8-25(15-22)36-3/h4,6,8-10,14-15,24,34H,5,7,11-13,16-19H2,1-3H3. The van der Waals surface area contributed by atoms with Gasteiger partial charge in [0.05, 0.1) is 19.8 Å². The van der Waals surface area contributed by atoms with Crippen LogP contribution in [0.15, 0.2) is 42.5 Å². The third kappa shape index (κ3) is 5.18. The molecular formula is C29H36N4O3. The molecule has 1 amide bonds.